The van der Waals surface area contributed by atoms with Gasteiger partial charge in [-0.1, -0.05) is 39.3 Å². The van der Waals surface area contributed by atoms with Gasteiger partial charge in [-0.3, -0.25) is 0 Å². The lowest BCUT2D eigenvalue weighted by atomic mass is 9.81. The molecular formula is C15H21ClN2O3. The van der Waals surface area contributed by atoms with Crippen molar-refractivity contribution in [2.45, 2.75) is 27.7 Å². The van der Waals surface area contributed by atoms with Gasteiger partial charge in [-0.05, 0) is 29.5 Å². The highest BCUT2D eigenvalue weighted by Crippen LogP contribution is 2.25. The monoisotopic (exact) mass is 312 g/mol. The van der Waals surface area contributed by atoms with Gasteiger partial charge in [0.25, 0.3) is 0 Å². The number of nitrogens with one attached hydrogen (secondary N) is 2. The van der Waals surface area contributed by atoms with Gasteiger partial charge in [-0.2, -0.15) is 0 Å². The number of urea groups is 1. The van der Waals surface area contributed by atoms with Crippen LogP contribution >= 0.6 is 11.6 Å². The first-order chi connectivity index (χ1) is 9.63. The Hall–Kier alpha value is -1.75. The topological polar surface area (TPSA) is 78.4 Å². The number of benzene rings is 1. The molecule has 0 aliphatic rings. The highest BCUT2D eigenvalue weighted by Gasteiger charge is 2.22. The Morgan fingerprint density at radius 3 is 2.43 bits per heavy atom. The number of carboxylic acid groups (broad SMARTS) is 1. The van der Waals surface area contributed by atoms with Crippen molar-refractivity contribution in [1.29, 1.82) is 0 Å². The molecule has 0 bridgehead atoms. The van der Waals surface area contributed by atoms with E-state index >= 15 is 0 Å². The minimum atomic E-state index is -1.10. The fourth-order valence-electron chi connectivity index (χ4n) is 1.45. The molecule has 3 N–H and O–H groups in total. The molecule has 0 fully saturated rings. The van der Waals surface area contributed by atoms with Crippen molar-refractivity contribution in [2.75, 3.05) is 11.9 Å². The summed E-state index contributed by atoms with van der Waals surface area (Å²) in [6, 6.07) is 3.93. The molecule has 0 aliphatic carbocycles. The number of carbonyl (C=O) groups is 2. The van der Waals surface area contributed by atoms with Gasteiger partial charge in [0.15, 0.2) is 0 Å². The van der Waals surface area contributed by atoms with Crippen molar-refractivity contribution < 1.29 is 14.7 Å². The first kappa shape index (κ1) is 17.3. The van der Waals surface area contributed by atoms with Crippen LogP contribution in [0.1, 0.15) is 38.1 Å². The third kappa shape index (κ3) is 4.93. The fourth-order valence-corrected chi connectivity index (χ4v) is 1.72. The smallest absolute Gasteiger partial charge is 0.337 e. The van der Waals surface area contributed by atoms with Crippen LogP contribution in [-0.2, 0) is 0 Å². The van der Waals surface area contributed by atoms with E-state index in [0.29, 0.717) is 18.2 Å². The summed E-state index contributed by atoms with van der Waals surface area (Å²) in [6.45, 7) is 8.90. The fraction of sp³-hybridized carbons (Fsp3) is 0.467. The highest BCUT2D eigenvalue weighted by atomic mass is 35.5. The summed E-state index contributed by atoms with van der Waals surface area (Å²) in [4.78, 5) is 22.7. The van der Waals surface area contributed by atoms with Crippen molar-refractivity contribution in [2.24, 2.45) is 11.3 Å². The zero-order chi connectivity index (χ0) is 16.2. The van der Waals surface area contributed by atoms with Gasteiger partial charge in [-0.15, -0.1) is 0 Å². The average Bonchev–Trinajstić information content (AvgIpc) is 2.36. The second kappa shape index (κ2) is 6.80. The summed E-state index contributed by atoms with van der Waals surface area (Å²) in [6.07, 6.45) is 0. The van der Waals surface area contributed by atoms with Crippen LogP contribution in [0.3, 0.4) is 0 Å². The number of anilines is 1. The molecule has 0 aliphatic heterocycles. The van der Waals surface area contributed by atoms with Gasteiger partial charge < -0.3 is 15.7 Å². The first-order valence-corrected chi connectivity index (χ1v) is 7.09. The number of hydrogen-bond acceptors (Lipinski definition) is 2. The van der Waals surface area contributed by atoms with Gasteiger partial charge in [-0.25, -0.2) is 9.59 Å². The number of aromatic carboxylic acids is 1. The van der Waals surface area contributed by atoms with Crippen LogP contribution in [0.15, 0.2) is 18.2 Å². The summed E-state index contributed by atoms with van der Waals surface area (Å²) in [7, 11) is 0. The lowest BCUT2D eigenvalue weighted by molar-refractivity contribution is 0.0697. The lowest BCUT2D eigenvalue weighted by Gasteiger charge is -2.29. The van der Waals surface area contributed by atoms with E-state index in [-0.39, 0.29) is 22.0 Å². The van der Waals surface area contributed by atoms with Crippen LogP contribution in [-0.4, -0.2) is 23.7 Å². The molecule has 0 saturated carbocycles. The second-order valence-electron chi connectivity index (χ2n) is 5.95. The summed E-state index contributed by atoms with van der Waals surface area (Å²) >= 11 is 5.85. The minimum absolute atomic E-state index is 0.00330. The molecule has 0 saturated heterocycles. The summed E-state index contributed by atoms with van der Waals surface area (Å²) in [5.41, 5.74) is 0.440. The largest absolute Gasteiger partial charge is 0.478 e. The molecule has 1 rings (SSSR count). The van der Waals surface area contributed by atoms with Crippen molar-refractivity contribution in [3.8, 4) is 0 Å². The molecule has 21 heavy (non-hydrogen) atoms. The number of amides is 2. The Bertz CT molecular complexity index is 542. The maximum Gasteiger partial charge on any atom is 0.337 e. The number of hydrogen-bond donors (Lipinski definition) is 3. The van der Waals surface area contributed by atoms with Gasteiger partial charge in [0, 0.05) is 12.2 Å². The third-order valence-electron chi connectivity index (χ3n) is 3.72. The molecule has 1 aromatic carbocycles. The van der Waals surface area contributed by atoms with Crippen LogP contribution < -0.4 is 10.6 Å². The van der Waals surface area contributed by atoms with Crippen molar-refractivity contribution in [3.63, 3.8) is 0 Å². The quantitative estimate of drug-likeness (QED) is 0.773. The molecule has 0 unspecified atom stereocenters. The van der Waals surface area contributed by atoms with E-state index in [9.17, 15) is 9.59 Å². The molecule has 0 heterocycles. The Labute approximate surface area is 129 Å². The average molecular weight is 313 g/mol. The van der Waals surface area contributed by atoms with Crippen LogP contribution in [0.4, 0.5) is 10.5 Å². The first-order valence-electron chi connectivity index (χ1n) is 6.71. The predicted octanol–water partition coefficient (Wildman–Crippen LogP) is 3.84. The molecule has 0 aromatic heterocycles. The molecule has 1 aromatic rings. The number of rotatable bonds is 5. The zero-order valence-corrected chi connectivity index (χ0v) is 13.4. The summed E-state index contributed by atoms with van der Waals surface area (Å²) in [5.74, 6) is -0.670. The van der Waals surface area contributed by atoms with Crippen LogP contribution in [0.25, 0.3) is 0 Å². The van der Waals surface area contributed by atoms with Gasteiger partial charge >= 0.3 is 12.0 Å². The predicted molar refractivity (Wildman–Crippen MR) is 84.1 cm³/mol. The maximum atomic E-state index is 11.8. The van der Waals surface area contributed by atoms with E-state index in [1.807, 2.05) is 0 Å². The lowest BCUT2D eigenvalue weighted by Crippen LogP contribution is -2.39. The molecular weight excluding hydrogens is 292 g/mol. The van der Waals surface area contributed by atoms with Crippen molar-refractivity contribution in [3.05, 3.63) is 28.8 Å². The Morgan fingerprint density at radius 2 is 1.95 bits per heavy atom. The van der Waals surface area contributed by atoms with Gasteiger partial charge in [0.2, 0.25) is 0 Å². The molecule has 6 heteroatoms. The van der Waals surface area contributed by atoms with Gasteiger partial charge in [0.05, 0.1) is 10.6 Å². The van der Waals surface area contributed by atoms with E-state index in [0.717, 1.165) is 0 Å². The summed E-state index contributed by atoms with van der Waals surface area (Å²) < 4.78 is 0. The number of halogens is 1. The van der Waals surface area contributed by atoms with Crippen LogP contribution in [0.2, 0.25) is 5.02 Å². The number of carboxylic acids is 1. The normalized spacial score (nSPS) is 11.3. The van der Waals surface area contributed by atoms with E-state index in [1.165, 1.54) is 18.2 Å². The van der Waals surface area contributed by atoms with Crippen LogP contribution in [0.5, 0.6) is 0 Å². The van der Waals surface area contributed by atoms with E-state index in [2.05, 4.69) is 38.3 Å². The highest BCUT2D eigenvalue weighted by molar-refractivity contribution is 6.33. The molecule has 116 valence electrons. The van der Waals surface area contributed by atoms with Gasteiger partial charge in [0.1, 0.15) is 0 Å². The Morgan fingerprint density at radius 1 is 1.33 bits per heavy atom. The molecule has 0 spiro atoms. The molecule has 5 nitrogen and oxygen atoms in total. The minimum Gasteiger partial charge on any atom is -0.478 e. The third-order valence-corrected chi connectivity index (χ3v) is 4.04. The maximum absolute atomic E-state index is 11.8. The van der Waals surface area contributed by atoms with E-state index in [4.69, 9.17) is 16.7 Å². The molecule has 0 atom stereocenters. The number of carbonyl (C=O) groups excluding carboxylic acids is 1. The molecule has 0 radical (unpaired) electrons. The summed E-state index contributed by atoms with van der Waals surface area (Å²) in [5, 5.41) is 14.4. The van der Waals surface area contributed by atoms with E-state index < -0.39 is 5.97 Å². The Kier molecular flexibility index (Phi) is 5.61. The van der Waals surface area contributed by atoms with E-state index in [1.54, 1.807) is 0 Å². The Balaban J connectivity index is 2.64. The standard InChI is InChI=1S/C15H21ClN2O3/c1-9(2)15(3,4)8-17-14(21)18-10-5-6-11(13(19)20)12(16)7-10/h5-7,9H,8H2,1-4H3,(H,19,20)(H2,17,18,21). The van der Waals surface area contributed by atoms with Crippen LogP contribution in [0, 0.1) is 11.3 Å². The molecule has 2 amide bonds. The van der Waals surface area contributed by atoms with Crippen molar-refractivity contribution in [1.82, 2.24) is 5.32 Å². The zero-order valence-electron chi connectivity index (χ0n) is 12.7. The van der Waals surface area contributed by atoms with Crippen molar-refractivity contribution >= 4 is 29.3 Å². The second-order valence-corrected chi connectivity index (χ2v) is 6.36. The SMILES string of the molecule is CC(C)C(C)(C)CNC(=O)Nc1ccc(C(=O)O)c(Cl)c1.